The van der Waals surface area contributed by atoms with Crippen molar-refractivity contribution >= 4 is 16.1 Å². The number of hydrogen-bond acceptors (Lipinski definition) is 5. The largest absolute Gasteiger partial charge is 0.351 e. The Hall–Kier alpha value is -1.70. The fraction of sp³-hybridized carbons (Fsp3) is 0. The van der Waals surface area contributed by atoms with Gasteiger partial charge in [-0.3, -0.25) is 4.98 Å². The maximum atomic E-state index is 11.1. The van der Waals surface area contributed by atoms with Gasteiger partial charge in [0.05, 0.1) is 6.20 Å². The molecule has 0 radical (unpaired) electrons. The van der Waals surface area contributed by atoms with Crippen LogP contribution in [0.2, 0.25) is 0 Å². The minimum Gasteiger partial charge on any atom is -0.351 e. The zero-order valence-corrected chi connectivity index (χ0v) is 7.15. The predicted octanol–water partition coefficient (Wildman–Crippen LogP) is -1.17. The summed E-state index contributed by atoms with van der Waals surface area (Å²) in [6.07, 6.45) is 3.50. The van der Waals surface area contributed by atoms with E-state index in [4.69, 9.17) is 0 Å². The first kappa shape index (κ1) is 9.39. The van der Waals surface area contributed by atoms with Gasteiger partial charge in [0.1, 0.15) is 0 Å². The van der Waals surface area contributed by atoms with Crippen LogP contribution in [-0.2, 0) is 10.0 Å². The van der Waals surface area contributed by atoms with Crippen molar-refractivity contribution < 1.29 is 13.2 Å². The molecule has 0 saturated heterocycles. The summed E-state index contributed by atoms with van der Waals surface area (Å²) in [4.78, 5) is 17.3. The van der Waals surface area contributed by atoms with Crippen LogP contribution in [0, 0.1) is 0 Å². The molecular formula is C5H6N4O3S. The highest BCUT2D eigenvalue weighted by Crippen LogP contribution is 1.99. The first-order chi connectivity index (χ1) is 6.02. The maximum Gasteiger partial charge on any atom is 0.326 e. The summed E-state index contributed by atoms with van der Waals surface area (Å²) in [6.45, 7) is 0. The molecule has 2 amide bonds. The first-order valence-corrected chi connectivity index (χ1v) is 4.59. The summed E-state index contributed by atoms with van der Waals surface area (Å²) < 4.78 is 23.8. The van der Waals surface area contributed by atoms with Crippen molar-refractivity contribution in [1.29, 1.82) is 0 Å². The number of carbonyl (C=O) groups is 1. The first-order valence-electron chi connectivity index (χ1n) is 3.10. The molecule has 0 atom stereocenters. The summed E-state index contributed by atoms with van der Waals surface area (Å²) in [6, 6.07) is -1.16. The van der Waals surface area contributed by atoms with Gasteiger partial charge in [0.25, 0.3) is 10.0 Å². The van der Waals surface area contributed by atoms with Crippen LogP contribution in [0.5, 0.6) is 0 Å². The molecule has 0 saturated carbocycles. The van der Waals surface area contributed by atoms with Gasteiger partial charge in [0.15, 0.2) is 5.03 Å². The lowest BCUT2D eigenvalue weighted by Gasteiger charge is -2.00. The number of nitrogens with zero attached hydrogens (tertiary/aromatic N) is 2. The van der Waals surface area contributed by atoms with Crippen LogP contribution in [-0.4, -0.2) is 24.4 Å². The van der Waals surface area contributed by atoms with E-state index in [0.29, 0.717) is 0 Å². The topological polar surface area (TPSA) is 115 Å². The number of aromatic nitrogens is 2. The van der Waals surface area contributed by atoms with Crippen molar-refractivity contribution in [2.75, 3.05) is 0 Å². The van der Waals surface area contributed by atoms with Crippen molar-refractivity contribution in [2.45, 2.75) is 5.03 Å². The van der Waals surface area contributed by atoms with E-state index in [1.54, 1.807) is 4.72 Å². The molecule has 70 valence electrons. The molecular weight excluding hydrogens is 196 g/mol. The molecule has 0 aliphatic heterocycles. The van der Waals surface area contributed by atoms with Crippen LogP contribution in [0.15, 0.2) is 23.6 Å². The minimum absolute atomic E-state index is 0.353. The van der Waals surface area contributed by atoms with Crippen LogP contribution < -0.4 is 10.5 Å². The number of urea groups is 1. The third-order valence-electron chi connectivity index (χ3n) is 1.05. The van der Waals surface area contributed by atoms with Gasteiger partial charge in [-0.05, 0) is 0 Å². The zero-order chi connectivity index (χ0) is 9.90. The second-order valence-electron chi connectivity index (χ2n) is 2.01. The van der Waals surface area contributed by atoms with Crippen molar-refractivity contribution in [3.8, 4) is 0 Å². The van der Waals surface area contributed by atoms with Crippen molar-refractivity contribution in [2.24, 2.45) is 5.73 Å². The number of nitrogens with two attached hydrogens (primary N) is 1. The highest BCUT2D eigenvalue weighted by molar-refractivity contribution is 7.90. The molecule has 1 aromatic rings. The van der Waals surface area contributed by atoms with Crippen molar-refractivity contribution in [3.63, 3.8) is 0 Å². The van der Waals surface area contributed by atoms with Crippen LogP contribution in [0.1, 0.15) is 0 Å². The fourth-order valence-corrected chi connectivity index (χ4v) is 1.38. The third kappa shape index (κ3) is 2.37. The lowest BCUT2D eigenvalue weighted by atomic mass is 10.8. The standard InChI is InChI=1S/C5H6N4O3S/c6-5(10)9-13(11,12)4-3-7-1-2-8-4/h1-3H,(H3,6,9,10). The van der Waals surface area contributed by atoms with Gasteiger partial charge in [-0.25, -0.2) is 14.5 Å². The number of carbonyl (C=O) groups excluding carboxylic acids is 1. The molecule has 0 aromatic carbocycles. The summed E-state index contributed by atoms with van der Waals surface area (Å²) >= 11 is 0. The molecule has 0 fully saturated rings. The number of hydrogen-bond donors (Lipinski definition) is 2. The Balaban J connectivity index is 3.02. The molecule has 1 heterocycles. The maximum absolute atomic E-state index is 11.1. The Bertz CT molecular complexity index is 401. The van der Waals surface area contributed by atoms with E-state index in [0.717, 1.165) is 6.20 Å². The normalized spacial score (nSPS) is 10.8. The highest BCUT2D eigenvalue weighted by atomic mass is 32.2. The van der Waals surface area contributed by atoms with Crippen LogP contribution in [0.25, 0.3) is 0 Å². The van der Waals surface area contributed by atoms with E-state index in [1.807, 2.05) is 0 Å². The lowest BCUT2D eigenvalue weighted by Crippen LogP contribution is -2.35. The molecule has 1 rings (SSSR count). The van der Waals surface area contributed by atoms with E-state index in [2.05, 4.69) is 15.7 Å². The average Bonchev–Trinajstić information content (AvgIpc) is 2.04. The van der Waals surface area contributed by atoms with E-state index < -0.39 is 16.1 Å². The number of amides is 2. The van der Waals surface area contributed by atoms with E-state index >= 15 is 0 Å². The molecule has 8 heteroatoms. The molecule has 0 aliphatic rings. The Morgan fingerprint density at radius 2 is 2.15 bits per heavy atom. The van der Waals surface area contributed by atoms with E-state index in [9.17, 15) is 13.2 Å². The summed E-state index contributed by atoms with van der Waals surface area (Å²) in [5.74, 6) is 0. The Labute approximate surface area is 74.0 Å². The van der Waals surface area contributed by atoms with Gasteiger partial charge >= 0.3 is 6.03 Å². The molecule has 7 nitrogen and oxygen atoms in total. The molecule has 3 N–H and O–H groups in total. The summed E-state index contributed by atoms with van der Waals surface area (Å²) in [7, 11) is -3.96. The molecule has 0 aliphatic carbocycles. The fourth-order valence-electron chi connectivity index (χ4n) is 0.609. The monoisotopic (exact) mass is 202 g/mol. The predicted molar refractivity (Wildman–Crippen MR) is 41.9 cm³/mol. The van der Waals surface area contributed by atoms with Crippen LogP contribution in [0.4, 0.5) is 4.79 Å². The highest BCUT2D eigenvalue weighted by Gasteiger charge is 2.16. The molecule has 0 bridgehead atoms. The summed E-state index contributed by atoms with van der Waals surface area (Å²) in [5, 5.41) is -0.353. The van der Waals surface area contributed by atoms with Gasteiger partial charge in [0, 0.05) is 12.4 Å². The molecule has 1 aromatic heterocycles. The Morgan fingerprint density at radius 1 is 1.46 bits per heavy atom. The molecule has 13 heavy (non-hydrogen) atoms. The zero-order valence-electron chi connectivity index (χ0n) is 6.34. The average molecular weight is 202 g/mol. The smallest absolute Gasteiger partial charge is 0.326 e. The van der Waals surface area contributed by atoms with Crippen molar-refractivity contribution in [3.05, 3.63) is 18.6 Å². The second kappa shape index (κ2) is 3.35. The summed E-state index contributed by atoms with van der Waals surface area (Å²) in [5.41, 5.74) is 4.64. The van der Waals surface area contributed by atoms with E-state index in [1.165, 1.54) is 12.4 Å². The van der Waals surface area contributed by atoms with Gasteiger partial charge in [-0.1, -0.05) is 0 Å². The second-order valence-corrected chi connectivity index (χ2v) is 3.64. The van der Waals surface area contributed by atoms with Gasteiger partial charge in [-0.15, -0.1) is 0 Å². The van der Waals surface area contributed by atoms with Gasteiger partial charge in [-0.2, -0.15) is 8.42 Å². The van der Waals surface area contributed by atoms with Crippen LogP contribution >= 0.6 is 0 Å². The lowest BCUT2D eigenvalue weighted by molar-refractivity contribution is 0.253. The van der Waals surface area contributed by atoms with Gasteiger partial charge in [0.2, 0.25) is 0 Å². The Kier molecular flexibility index (Phi) is 2.42. The third-order valence-corrected chi connectivity index (χ3v) is 2.28. The molecule has 0 spiro atoms. The number of nitrogens with one attached hydrogen (secondary N) is 1. The Morgan fingerprint density at radius 3 is 2.62 bits per heavy atom. The van der Waals surface area contributed by atoms with Crippen molar-refractivity contribution in [1.82, 2.24) is 14.7 Å². The molecule has 0 unspecified atom stereocenters. The van der Waals surface area contributed by atoms with Gasteiger partial charge < -0.3 is 5.73 Å². The number of sulfonamides is 1. The quantitative estimate of drug-likeness (QED) is 0.627. The van der Waals surface area contributed by atoms with Crippen LogP contribution in [0.3, 0.4) is 0 Å². The van der Waals surface area contributed by atoms with E-state index in [-0.39, 0.29) is 5.03 Å². The SMILES string of the molecule is NC(=O)NS(=O)(=O)c1cnccn1. The number of rotatable bonds is 2. The minimum atomic E-state index is -3.96. The number of primary amides is 1.